The standard InChI is InChI=1S/C41H66N2O3/c1-3-5-7-9-11-12-13-14-15-16-17-18-19-21-23-25-37-27-29-41-39(35-37)43-42-38-34-36(24-22-20-10-8-6-4-2)26-28-40(38)45-32-30-44-31-33-46-41/h26-29,34-35H,3-25,30-33H2,1-2H3. The molecule has 0 amide bonds. The summed E-state index contributed by atoms with van der Waals surface area (Å²) in [7, 11) is 0. The van der Waals surface area contributed by atoms with Crippen molar-refractivity contribution in [1.82, 2.24) is 0 Å². The van der Waals surface area contributed by atoms with E-state index in [0.29, 0.717) is 26.4 Å². The van der Waals surface area contributed by atoms with Gasteiger partial charge in [0, 0.05) is 0 Å². The van der Waals surface area contributed by atoms with Crippen molar-refractivity contribution in [2.75, 3.05) is 26.4 Å². The van der Waals surface area contributed by atoms with Gasteiger partial charge < -0.3 is 14.2 Å². The first-order valence-corrected chi connectivity index (χ1v) is 19.3. The predicted octanol–water partition coefficient (Wildman–Crippen LogP) is 13.2. The van der Waals surface area contributed by atoms with Crippen LogP contribution in [-0.4, -0.2) is 26.4 Å². The minimum Gasteiger partial charge on any atom is -0.489 e. The van der Waals surface area contributed by atoms with Crippen molar-refractivity contribution in [2.24, 2.45) is 10.2 Å². The molecule has 2 aromatic carbocycles. The number of ether oxygens (including phenoxy) is 3. The largest absolute Gasteiger partial charge is 0.489 e. The number of unbranched alkanes of at least 4 members (excludes halogenated alkanes) is 19. The zero-order chi connectivity index (χ0) is 32.3. The molecular weight excluding hydrogens is 568 g/mol. The lowest BCUT2D eigenvalue weighted by atomic mass is 10.0. The molecule has 0 atom stereocenters. The number of hydrogen-bond donors (Lipinski definition) is 0. The molecule has 5 nitrogen and oxygen atoms in total. The molecule has 0 saturated carbocycles. The van der Waals surface area contributed by atoms with Gasteiger partial charge in [-0.2, -0.15) is 0 Å². The van der Waals surface area contributed by atoms with Gasteiger partial charge >= 0.3 is 0 Å². The number of nitrogens with zero attached hydrogens (tertiary/aromatic N) is 2. The van der Waals surface area contributed by atoms with Gasteiger partial charge in [-0.1, -0.05) is 148 Å². The van der Waals surface area contributed by atoms with Crippen LogP contribution in [0.3, 0.4) is 0 Å². The monoisotopic (exact) mass is 635 g/mol. The lowest BCUT2D eigenvalue weighted by Crippen LogP contribution is -2.12. The Morgan fingerprint density at radius 2 is 0.783 bits per heavy atom. The van der Waals surface area contributed by atoms with Gasteiger partial charge in [-0.25, -0.2) is 0 Å². The summed E-state index contributed by atoms with van der Waals surface area (Å²) in [5.41, 5.74) is 4.15. The molecule has 2 aromatic rings. The van der Waals surface area contributed by atoms with Crippen LogP contribution in [-0.2, 0) is 17.6 Å². The predicted molar refractivity (Wildman–Crippen MR) is 195 cm³/mol. The van der Waals surface area contributed by atoms with E-state index < -0.39 is 0 Å². The van der Waals surface area contributed by atoms with E-state index in [2.05, 4.69) is 44.2 Å². The highest BCUT2D eigenvalue weighted by Gasteiger charge is 2.10. The maximum atomic E-state index is 6.07. The maximum absolute atomic E-state index is 6.07. The van der Waals surface area contributed by atoms with Gasteiger partial charge in [0.25, 0.3) is 0 Å². The molecule has 1 heterocycles. The second-order valence-electron chi connectivity index (χ2n) is 13.3. The molecule has 0 saturated heterocycles. The highest BCUT2D eigenvalue weighted by molar-refractivity contribution is 5.56. The molecule has 0 N–H and O–H groups in total. The van der Waals surface area contributed by atoms with Crippen molar-refractivity contribution < 1.29 is 14.2 Å². The third kappa shape index (κ3) is 17.0. The minimum absolute atomic E-state index is 0.482. The summed E-state index contributed by atoms with van der Waals surface area (Å²) in [5, 5.41) is 9.44. The summed E-state index contributed by atoms with van der Waals surface area (Å²) >= 11 is 0. The number of fused-ring (bicyclic) bond motifs is 2. The third-order valence-electron chi connectivity index (χ3n) is 9.17. The molecule has 0 radical (unpaired) electrons. The Bertz CT molecular complexity index is 1070. The van der Waals surface area contributed by atoms with Crippen LogP contribution in [0.1, 0.15) is 160 Å². The molecule has 0 unspecified atom stereocenters. The minimum atomic E-state index is 0.482. The van der Waals surface area contributed by atoms with Gasteiger partial charge in [0.1, 0.15) is 36.1 Å². The highest BCUT2D eigenvalue weighted by atomic mass is 16.5. The van der Waals surface area contributed by atoms with E-state index in [1.165, 1.54) is 146 Å². The van der Waals surface area contributed by atoms with Crippen LogP contribution in [0.5, 0.6) is 11.5 Å². The van der Waals surface area contributed by atoms with Crippen LogP contribution in [0.2, 0.25) is 0 Å². The Balaban J connectivity index is 1.45. The topological polar surface area (TPSA) is 52.4 Å². The summed E-state index contributed by atoms with van der Waals surface area (Å²) in [4.78, 5) is 0. The smallest absolute Gasteiger partial charge is 0.146 e. The van der Waals surface area contributed by atoms with Crippen molar-refractivity contribution in [2.45, 2.75) is 162 Å². The second kappa shape index (κ2) is 25.7. The van der Waals surface area contributed by atoms with E-state index in [0.717, 1.165) is 35.7 Å². The van der Waals surface area contributed by atoms with Crippen molar-refractivity contribution >= 4 is 11.4 Å². The average molecular weight is 635 g/mol. The highest BCUT2D eigenvalue weighted by Crippen LogP contribution is 2.35. The SMILES string of the molecule is CCCCCCCCCCCCCCCCCc1ccc2c(c1)N=Nc1cc(CCCCCCCC)ccc1OCCOCCO2. The summed E-state index contributed by atoms with van der Waals surface area (Å²) < 4.78 is 17.9. The Morgan fingerprint density at radius 1 is 0.435 bits per heavy atom. The Morgan fingerprint density at radius 3 is 1.15 bits per heavy atom. The van der Waals surface area contributed by atoms with E-state index in [-0.39, 0.29) is 0 Å². The van der Waals surface area contributed by atoms with Crippen molar-refractivity contribution in [1.29, 1.82) is 0 Å². The van der Waals surface area contributed by atoms with Gasteiger partial charge in [0.05, 0.1) is 13.2 Å². The van der Waals surface area contributed by atoms with Gasteiger partial charge in [0.15, 0.2) is 0 Å². The van der Waals surface area contributed by atoms with Crippen LogP contribution in [0, 0.1) is 0 Å². The fourth-order valence-corrected chi connectivity index (χ4v) is 6.28. The molecule has 1 aliphatic rings. The molecule has 0 spiro atoms. The molecule has 1 aliphatic heterocycles. The zero-order valence-electron chi connectivity index (χ0n) is 29.7. The fourth-order valence-electron chi connectivity index (χ4n) is 6.28. The lowest BCUT2D eigenvalue weighted by Gasteiger charge is -2.10. The normalized spacial score (nSPS) is 13.5. The molecular formula is C41H66N2O3. The van der Waals surface area contributed by atoms with Gasteiger partial charge in [0.2, 0.25) is 0 Å². The van der Waals surface area contributed by atoms with Crippen LogP contribution in [0.15, 0.2) is 46.6 Å². The molecule has 3 rings (SSSR count). The molecule has 0 fully saturated rings. The zero-order valence-corrected chi connectivity index (χ0v) is 29.7. The molecule has 46 heavy (non-hydrogen) atoms. The summed E-state index contributed by atoms with van der Waals surface area (Å²) in [6.45, 7) is 6.56. The number of hydrogen-bond acceptors (Lipinski definition) is 5. The Labute approximate surface area is 282 Å². The van der Waals surface area contributed by atoms with Crippen molar-refractivity contribution in [3.8, 4) is 11.5 Å². The first-order valence-electron chi connectivity index (χ1n) is 19.3. The van der Waals surface area contributed by atoms with E-state index in [1.54, 1.807) is 0 Å². The molecule has 0 bridgehead atoms. The summed E-state index contributed by atoms with van der Waals surface area (Å²) in [5.74, 6) is 1.52. The fraction of sp³-hybridized carbons (Fsp3) is 0.707. The molecule has 5 heteroatoms. The van der Waals surface area contributed by atoms with Gasteiger partial charge in [-0.15, -0.1) is 10.2 Å². The van der Waals surface area contributed by atoms with Gasteiger partial charge in [-0.3, -0.25) is 0 Å². The van der Waals surface area contributed by atoms with Crippen LogP contribution >= 0.6 is 0 Å². The van der Waals surface area contributed by atoms with Crippen molar-refractivity contribution in [3.63, 3.8) is 0 Å². The van der Waals surface area contributed by atoms with E-state index in [9.17, 15) is 0 Å². The van der Waals surface area contributed by atoms with Crippen LogP contribution < -0.4 is 9.47 Å². The van der Waals surface area contributed by atoms with E-state index in [4.69, 9.17) is 24.4 Å². The summed E-state index contributed by atoms with van der Waals surface area (Å²) in [6.07, 6.45) is 30.7. The molecule has 0 aliphatic carbocycles. The summed E-state index contributed by atoms with van der Waals surface area (Å²) in [6, 6.07) is 12.8. The number of aryl methyl sites for hydroxylation is 2. The van der Waals surface area contributed by atoms with Crippen LogP contribution in [0.4, 0.5) is 11.4 Å². The Kier molecular flexibility index (Phi) is 21.2. The number of azo groups is 1. The molecule has 258 valence electrons. The second-order valence-corrected chi connectivity index (χ2v) is 13.3. The maximum Gasteiger partial charge on any atom is 0.146 e. The van der Waals surface area contributed by atoms with Crippen LogP contribution in [0.25, 0.3) is 0 Å². The Hall–Kier alpha value is -2.40. The van der Waals surface area contributed by atoms with Gasteiger partial charge in [-0.05, 0) is 61.1 Å². The first kappa shape index (κ1) is 38.1. The lowest BCUT2D eigenvalue weighted by molar-refractivity contribution is 0.0768. The quantitative estimate of drug-likeness (QED) is 0.114. The first-order chi connectivity index (χ1) is 22.8. The van der Waals surface area contributed by atoms with Crippen molar-refractivity contribution in [3.05, 3.63) is 47.5 Å². The van der Waals surface area contributed by atoms with E-state index >= 15 is 0 Å². The third-order valence-corrected chi connectivity index (χ3v) is 9.17. The average Bonchev–Trinajstić information content (AvgIpc) is 3.09. The number of rotatable bonds is 23. The molecule has 0 aromatic heterocycles. The number of benzene rings is 2. The van der Waals surface area contributed by atoms with E-state index in [1.807, 2.05) is 6.07 Å².